The maximum Gasteiger partial charge on any atom is 0.260 e. The van der Waals surface area contributed by atoms with Gasteiger partial charge in [-0.2, -0.15) is 0 Å². The molecule has 1 aromatic heterocycles. The van der Waals surface area contributed by atoms with Crippen LogP contribution in [0.25, 0.3) is 0 Å². The normalized spacial score (nSPS) is 8.45. The van der Waals surface area contributed by atoms with Gasteiger partial charge in [0.15, 0.2) is 0 Å². The molecule has 1 rings (SSSR count). The summed E-state index contributed by atoms with van der Waals surface area (Å²) in [5, 5.41) is -0.734. The monoisotopic (exact) mass is 193 g/mol. The third-order valence-corrected chi connectivity index (χ3v) is 1.23. The highest BCUT2D eigenvalue weighted by Crippen LogP contribution is 1.93. The zero-order chi connectivity index (χ0) is 7.56. The van der Waals surface area contributed by atoms with Crippen LogP contribution in [-0.2, 0) is 0 Å². The molecule has 0 saturated heterocycles. The lowest BCUT2D eigenvalue weighted by Crippen LogP contribution is -2.12. The fraction of sp³-hybridized carbons (Fsp3) is 0. The Morgan fingerprint density at radius 3 is 2.55 bits per heavy atom. The molecular formula is C6H5Cl2NO2. The Labute approximate surface area is 73.8 Å². The van der Waals surface area contributed by atoms with Crippen LogP contribution < -0.4 is 5.56 Å². The molecule has 0 amide bonds. The van der Waals surface area contributed by atoms with Crippen molar-refractivity contribution in [3.05, 3.63) is 34.2 Å². The lowest BCUT2D eigenvalue weighted by atomic mass is 10.3. The molecule has 11 heavy (non-hydrogen) atoms. The average Bonchev–Trinajstić information content (AvgIpc) is 1.88. The van der Waals surface area contributed by atoms with Crippen LogP contribution in [0.2, 0.25) is 0 Å². The van der Waals surface area contributed by atoms with E-state index in [1.165, 1.54) is 18.3 Å². The smallest absolute Gasteiger partial charge is 0.260 e. The van der Waals surface area contributed by atoms with Gasteiger partial charge >= 0.3 is 0 Å². The molecule has 1 heterocycles. The SMILES string of the molecule is Cl.O=C(Cl)c1ccc[nH]c1=O. The lowest BCUT2D eigenvalue weighted by Gasteiger charge is -1.87. The van der Waals surface area contributed by atoms with Gasteiger partial charge in [-0.05, 0) is 23.7 Å². The summed E-state index contributed by atoms with van der Waals surface area (Å²) < 4.78 is 0. The number of carbonyl (C=O) groups is 1. The van der Waals surface area contributed by atoms with Crippen molar-refractivity contribution in [3.8, 4) is 0 Å². The van der Waals surface area contributed by atoms with Gasteiger partial charge in [0.05, 0.1) is 5.56 Å². The molecule has 0 bridgehead atoms. The van der Waals surface area contributed by atoms with Crippen LogP contribution >= 0.6 is 24.0 Å². The van der Waals surface area contributed by atoms with Gasteiger partial charge in [-0.25, -0.2) is 0 Å². The molecule has 5 heteroatoms. The van der Waals surface area contributed by atoms with E-state index in [9.17, 15) is 9.59 Å². The fourth-order valence-corrected chi connectivity index (χ4v) is 0.725. The van der Waals surface area contributed by atoms with Gasteiger partial charge in [-0.1, -0.05) is 0 Å². The van der Waals surface area contributed by atoms with Crippen LogP contribution in [0.5, 0.6) is 0 Å². The molecule has 0 atom stereocenters. The second kappa shape index (κ2) is 4.16. The molecule has 0 saturated carbocycles. The van der Waals surface area contributed by atoms with Gasteiger partial charge in [0, 0.05) is 6.20 Å². The molecule has 60 valence electrons. The second-order valence-corrected chi connectivity index (χ2v) is 2.03. The van der Waals surface area contributed by atoms with Gasteiger partial charge in [0.1, 0.15) is 0 Å². The van der Waals surface area contributed by atoms with Crippen LogP contribution in [-0.4, -0.2) is 10.2 Å². The molecule has 0 radical (unpaired) electrons. The highest BCUT2D eigenvalue weighted by atomic mass is 35.5. The molecule has 0 aliphatic carbocycles. The summed E-state index contributed by atoms with van der Waals surface area (Å²) in [6.07, 6.45) is 1.44. The lowest BCUT2D eigenvalue weighted by molar-refractivity contribution is 0.108. The predicted molar refractivity (Wildman–Crippen MR) is 44.5 cm³/mol. The minimum Gasteiger partial charge on any atom is -0.328 e. The van der Waals surface area contributed by atoms with E-state index in [2.05, 4.69) is 4.98 Å². The standard InChI is InChI=1S/C6H4ClNO2.ClH/c7-5(9)4-2-1-3-8-6(4)10;/h1-3H,(H,8,10);1H. The Bertz CT molecular complexity index is 307. The van der Waals surface area contributed by atoms with E-state index >= 15 is 0 Å². The van der Waals surface area contributed by atoms with Gasteiger partial charge in [0.25, 0.3) is 10.8 Å². The number of nitrogens with one attached hydrogen (secondary N) is 1. The third kappa shape index (κ3) is 2.37. The van der Waals surface area contributed by atoms with Crippen molar-refractivity contribution >= 4 is 29.3 Å². The summed E-state index contributed by atoms with van der Waals surface area (Å²) in [7, 11) is 0. The zero-order valence-corrected chi connectivity index (χ0v) is 6.91. The molecular weight excluding hydrogens is 189 g/mol. The number of hydrogen-bond donors (Lipinski definition) is 1. The molecule has 0 spiro atoms. The van der Waals surface area contributed by atoms with E-state index in [4.69, 9.17) is 11.6 Å². The predicted octanol–water partition coefficient (Wildman–Crippen LogP) is 1.18. The summed E-state index contributed by atoms with van der Waals surface area (Å²) in [6.45, 7) is 0. The number of aromatic amines is 1. The summed E-state index contributed by atoms with van der Waals surface area (Å²) in [6, 6.07) is 2.91. The highest BCUT2D eigenvalue weighted by molar-refractivity contribution is 6.67. The number of aromatic nitrogens is 1. The van der Waals surface area contributed by atoms with Gasteiger partial charge in [-0.3, -0.25) is 9.59 Å². The Kier molecular flexibility index (Phi) is 3.85. The Hall–Kier alpha value is -0.800. The van der Waals surface area contributed by atoms with E-state index in [0.29, 0.717) is 0 Å². The van der Waals surface area contributed by atoms with Crippen molar-refractivity contribution in [1.29, 1.82) is 0 Å². The quantitative estimate of drug-likeness (QED) is 0.682. The molecule has 0 aliphatic rings. The largest absolute Gasteiger partial charge is 0.328 e. The van der Waals surface area contributed by atoms with Crippen molar-refractivity contribution in [2.45, 2.75) is 0 Å². The van der Waals surface area contributed by atoms with E-state index in [1.807, 2.05) is 0 Å². The summed E-state index contributed by atoms with van der Waals surface area (Å²) in [4.78, 5) is 23.4. The zero-order valence-electron chi connectivity index (χ0n) is 5.33. The minimum absolute atomic E-state index is 0. The van der Waals surface area contributed by atoms with Gasteiger partial charge in [-0.15, -0.1) is 12.4 Å². The Balaban J connectivity index is 0.000001000. The first-order valence-corrected chi connectivity index (χ1v) is 2.97. The number of rotatable bonds is 1. The number of pyridine rings is 1. The maximum absolute atomic E-state index is 10.7. The highest BCUT2D eigenvalue weighted by Gasteiger charge is 2.03. The molecule has 1 N–H and O–H groups in total. The molecule has 3 nitrogen and oxygen atoms in total. The molecule has 0 aliphatic heterocycles. The van der Waals surface area contributed by atoms with E-state index < -0.39 is 10.8 Å². The van der Waals surface area contributed by atoms with Gasteiger partial charge < -0.3 is 4.98 Å². The number of hydrogen-bond acceptors (Lipinski definition) is 2. The van der Waals surface area contributed by atoms with Crippen LogP contribution in [0.1, 0.15) is 10.4 Å². The average molecular weight is 194 g/mol. The second-order valence-electron chi connectivity index (χ2n) is 1.69. The number of carbonyl (C=O) groups excluding carboxylic acids is 1. The number of H-pyrrole nitrogens is 1. The molecule has 0 unspecified atom stereocenters. The Morgan fingerprint density at radius 2 is 2.18 bits per heavy atom. The molecule has 0 aromatic carbocycles. The Morgan fingerprint density at radius 1 is 1.55 bits per heavy atom. The van der Waals surface area contributed by atoms with Crippen molar-refractivity contribution in [1.82, 2.24) is 4.98 Å². The molecule has 1 aromatic rings. The van der Waals surface area contributed by atoms with Crippen LogP contribution in [0.3, 0.4) is 0 Å². The van der Waals surface area contributed by atoms with Crippen LogP contribution in [0, 0.1) is 0 Å². The first-order valence-electron chi connectivity index (χ1n) is 2.59. The van der Waals surface area contributed by atoms with Crippen LogP contribution in [0.4, 0.5) is 0 Å². The van der Waals surface area contributed by atoms with Gasteiger partial charge in [0.2, 0.25) is 0 Å². The summed E-state index contributed by atoms with van der Waals surface area (Å²) >= 11 is 5.05. The summed E-state index contributed by atoms with van der Waals surface area (Å²) in [5.74, 6) is 0. The number of halogens is 2. The third-order valence-electron chi connectivity index (χ3n) is 1.03. The molecule has 0 fully saturated rings. The first kappa shape index (κ1) is 10.2. The topological polar surface area (TPSA) is 49.9 Å². The minimum atomic E-state index is -0.734. The van der Waals surface area contributed by atoms with Crippen molar-refractivity contribution in [2.75, 3.05) is 0 Å². The van der Waals surface area contributed by atoms with Crippen molar-refractivity contribution < 1.29 is 4.79 Å². The first-order chi connectivity index (χ1) is 4.72. The van der Waals surface area contributed by atoms with Crippen molar-refractivity contribution in [2.24, 2.45) is 0 Å². The fourth-order valence-electron chi connectivity index (χ4n) is 0.576. The maximum atomic E-state index is 10.7. The van der Waals surface area contributed by atoms with E-state index in [1.54, 1.807) is 0 Å². The van der Waals surface area contributed by atoms with E-state index in [-0.39, 0.29) is 18.0 Å². The summed E-state index contributed by atoms with van der Waals surface area (Å²) in [5.41, 5.74) is -0.480. The van der Waals surface area contributed by atoms with E-state index in [0.717, 1.165) is 0 Å². The van der Waals surface area contributed by atoms with Crippen molar-refractivity contribution in [3.63, 3.8) is 0 Å². The van der Waals surface area contributed by atoms with Crippen LogP contribution in [0.15, 0.2) is 23.1 Å².